The van der Waals surface area contributed by atoms with Crippen LogP contribution in [-0.4, -0.2) is 17.5 Å². The molecule has 1 atom stereocenters. The molecule has 7 heteroatoms. The number of hydrogen-bond acceptors (Lipinski definition) is 6. The Balaban J connectivity index is 1.59. The number of nitrogens with one attached hydrogen (secondary N) is 1. The van der Waals surface area contributed by atoms with Crippen molar-refractivity contribution in [2.45, 2.75) is 17.1 Å². The molecule has 1 amide bonds. The minimum atomic E-state index is -0.431. The number of nitrogen functional groups attached to an aromatic ring is 1. The highest BCUT2D eigenvalue weighted by atomic mass is 32.2. The molecule has 0 aliphatic heterocycles. The summed E-state index contributed by atoms with van der Waals surface area (Å²) in [6.45, 7) is 2.55. The summed E-state index contributed by atoms with van der Waals surface area (Å²) in [7, 11) is 0. The summed E-state index contributed by atoms with van der Waals surface area (Å²) in [6.07, 6.45) is 0. The minimum Gasteiger partial charge on any atom is -0.494 e. The van der Waals surface area contributed by atoms with E-state index in [9.17, 15) is 4.79 Å². The van der Waals surface area contributed by atoms with Gasteiger partial charge >= 0.3 is 0 Å². The van der Waals surface area contributed by atoms with Crippen LogP contribution in [0.5, 0.6) is 5.75 Å². The summed E-state index contributed by atoms with van der Waals surface area (Å²) in [4.78, 5) is 18.7. The molecule has 0 aliphatic rings. The van der Waals surface area contributed by atoms with Gasteiger partial charge in [-0.15, -0.1) is 11.8 Å². The van der Waals surface area contributed by atoms with Crippen LogP contribution in [0.25, 0.3) is 10.2 Å². The van der Waals surface area contributed by atoms with Crippen LogP contribution in [0.3, 0.4) is 0 Å². The van der Waals surface area contributed by atoms with Gasteiger partial charge in [-0.25, -0.2) is 4.98 Å². The van der Waals surface area contributed by atoms with Crippen molar-refractivity contribution < 1.29 is 9.53 Å². The molecule has 3 aromatic carbocycles. The normalized spacial score (nSPS) is 11.9. The zero-order valence-electron chi connectivity index (χ0n) is 16.4. The van der Waals surface area contributed by atoms with Crippen LogP contribution in [-0.2, 0) is 4.79 Å². The predicted octanol–water partition coefficient (Wildman–Crippen LogP) is 5.75. The second-order valence-corrected chi connectivity index (χ2v) is 8.76. The van der Waals surface area contributed by atoms with Gasteiger partial charge in [0.25, 0.3) is 0 Å². The number of fused-ring (bicyclic) bond motifs is 1. The third-order valence-electron chi connectivity index (χ3n) is 4.35. The number of thiazole rings is 1. The summed E-state index contributed by atoms with van der Waals surface area (Å²) in [5, 5.41) is 3.13. The molecule has 30 heavy (non-hydrogen) atoms. The zero-order chi connectivity index (χ0) is 20.9. The average Bonchev–Trinajstić information content (AvgIpc) is 3.14. The molecule has 0 aliphatic carbocycles. The number of carbonyl (C=O) groups excluding carboxylic acids is 1. The molecule has 1 heterocycles. The van der Waals surface area contributed by atoms with E-state index in [-0.39, 0.29) is 5.91 Å². The van der Waals surface area contributed by atoms with Gasteiger partial charge in [0.2, 0.25) is 5.91 Å². The molecule has 0 radical (unpaired) electrons. The highest BCUT2D eigenvalue weighted by Crippen LogP contribution is 2.37. The number of ether oxygens (including phenoxy) is 1. The van der Waals surface area contributed by atoms with Crippen LogP contribution in [0.1, 0.15) is 17.7 Å². The number of carbonyl (C=O) groups is 1. The molecule has 0 saturated heterocycles. The van der Waals surface area contributed by atoms with Gasteiger partial charge in [-0.1, -0.05) is 47.7 Å². The first-order chi connectivity index (χ1) is 14.6. The number of amides is 1. The molecular weight excluding hydrogens is 414 g/mol. The summed E-state index contributed by atoms with van der Waals surface area (Å²) in [5.41, 5.74) is 8.34. The van der Waals surface area contributed by atoms with Crippen LogP contribution < -0.4 is 15.8 Å². The van der Waals surface area contributed by atoms with E-state index in [1.165, 1.54) is 23.1 Å². The molecule has 0 saturated carbocycles. The molecule has 152 valence electrons. The highest BCUT2D eigenvalue weighted by Gasteiger charge is 2.23. The molecule has 0 spiro atoms. The Hall–Kier alpha value is -3.03. The van der Waals surface area contributed by atoms with Crippen LogP contribution in [0.15, 0.2) is 77.7 Å². The van der Waals surface area contributed by atoms with Gasteiger partial charge in [0, 0.05) is 10.6 Å². The Morgan fingerprint density at radius 2 is 1.97 bits per heavy atom. The minimum absolute atomic E-state index is 0.127. The van der Waals surface area contributed by atoms with E-state index in [0.29, 0.717) is 17.4 Å². The van der Waals surface area contributed by atoms with E-state index < -0.39 is 5.25 Å². The Morgan fingerprint density at radius 3 is 2.73 bits per heavy atom. The van der Waals surface area contributed by atoms with E-state index in [4.69, 9.17) is 10.5 Å². The number of nitrogens with two attached hydrogens (primary N) is 1. The molecule has 5 nitrogen and oxygen atoms in total. The standard InChI is InChI=1S/C23H21N3O2S2/c1-2-28-17-11-12-19-20(14-17)30-23(25-19)26-22(27)21(15-7-4-3-5-8-15)29-18-10-6-9-16(24)13-18/h3-14,21H,2,24H2,1H3,(H,25,26,27). The zero-order valence-corrected chi connectivity index (χ0v) is 18.0. The fourth-order valence-electron chi connectivity index (χ4n) is 3.01. The van der Waals surface area contributed by atoms with Gasteiger partial charge in [-0.2, -0.15) is 0 Å². The van der Waals surface area contributed by atoms with Gasteiger partial charge in [-0.3, -0.25) is 4.79 Å². The molecule has 0 fully saturated rings. The number of benzene rings is 3. The summed E-state index contributed by atoms with van der Waals surface area (Å²) < 4.78 is 6.52. The van der Waals surface area contributed by atoms with E-state index in [1.54, 1.807) is 0 Å². The summed E-state index contributed by atoms with van der Waals surface area (Å²) >= 11 is 2.90. The average molecular weight is 436 g/mol. The van der Waals surface area contributed by atoms with Crippen molar-refractivity contribution >= 4 is 50.0 Å². The Morgan fingerprint density at radius 1 is 1.13 bits per heavy atom. The predicted molar refractivity (Wildman–Crippen MR) is 125 cm³/mol. The second kappa shape index (κ2) is 9.19. The molecule has 3 N–H and O–H groups in total. The lowest BCUT2D eigenvalue weighted by Crippen LogP contribution is -2.18. The Kier molecular flexibility index (Phi) is 6.21. The smallest absolute Gasteiger partial charge is 0.244 e. The van der Waals surface area contributed by atoms with Crippen molar-refractivity contribution in [1.82, 2.24) is 4.98 Å². The Labute approximate surface area is 183 Å². The number of hydrogen-bond donors (Lipinski definition) is 2. The second-order valence-electron chi connectivity index (χ2n) is 6.55. The molecule has 0 bridgehead atoms. The van der Waals surface area contributed by atoms with Gasteiger partial charge in [0.15, 0.2) is 5.13 Å². The third-order valence-corrected chi connectivity index (χ3v) is 6.54. The first-order valence-corrected chi connectivity index (χ1v) is 11.2. The van der Waals surface area contributed by atoms with Crippen molar-refractivity contribution in [2.75, 3.05) is 17.7 Å². The van der Waals surface area contributed by atoms with Gasteiger partial charge in [-0.05, 0) is 48.9 Å². The highest BCUT2D eigenvalue weighted by molar-refractivity contribution is 8.00. The number of rotatable bonds is 7. The lowest BCUT2D eigenvalue weighted by Gasteiger charge is -2.16. The van der Waals surface area contributed by atoms with Crippen molar-refractivity contribution in [3.8, 4) is 5.75 Å². The SMILES string of the molecule is CCOc1ccc2nc(NC(=O)C(Sc3cccc(N)c3)c3ccccc3)sc2c1. The largest absolute Gasteiger partial charge is 0.494 e. The molecular formula is C23H21N3O2S2. The summed E-state index contributed by atoms with van der Waals surface area (Å²) in [6, 6.07) is 23.0. The van der Waals surface area contributed by atoms with Gasteiger partial charge in [0.1, 0.15) is 11.0 Å². The number of aromatic nitrogens is 1. The lowest BCUT2D eigenvalue weighted by molar-refractivity contribution is -0.115. The van der Waals surface area contributed by atoms with Crippen LogP contribution in [0.4, 0.5) is 10.8 Å². The molecule has 4 aromatic rings. The maximum absolute atomic E-state index is 13.2. The number of thioether (sulfide) groups is 1. The van der Waals surface area contributed by atoms with Crippen molar-refractivity contribution in [3.05, 3.63) is 78.4 Å². The maximum atomic E-state index is 13.2. The quantitative estimate of drug-likeness (QED) is 0.285. The molecule has 4 rings (SSSR count). The van der Waals surface area contributed by atoms with Crippen molar-refractivity contribution in [3.63, 3.8) is 0 Å². The van der Waals surface area contributed by atoms with Gasteiger partial charge < -0.3 is 15.8 Å². The van der Waals surface area contributed by atoms with Crippen LogP contribution in [0.2, 0.25) is 0 Å². The fourth-order valence-corrected chi connectivity index (χ4v) is 5.00. The van der Waals surface area contributed by atoms with E-state index in [1.807, 2.05) is 79.7 Å². The van der Waals surface area contributed by atoms with Crippen molar-refractivity contribution in [1.29, 1.82) is 0 Å². The van der Waals surface area contributed by atoms with Crippen LogP contribution in [0, 0.1) is 0 Å². The maximum Gasteiger partial charge on any atom is 0.244 e. The van der Waals surface area contributed by atoms with Crippen molar-refractivity contribution in [2.24, 2.45) is 0 Å². The van der Waals surface area contributed by atoms with Gasteiger partial charge in [0.05, 0.1) is 16.8 Å². The first-order valence-electron chi connectivity index (χ1n) is 9.54. The molecule has 1 unspecified atom stereocenters. The van der Waals surface area contributed by atoms with E-state index >= 15 is 0 Å². The number of nitrogens with zero attached hydrogens (tertiary/aromatic N) is 1. The topological polar surface area (TPSA) is 77.2 Å². The third kappa shape index (κ3) is 4.75. The lowest BCUT2D eigenvalue weighted by atomic mass is 10.1. The monoisotopic (exact) mass is 435 g/mol. The fraction of sp³-hybridized carbons (Fsp3) is 0.130. The first kappa shape index (κ1) is 20.3. The van der Waals surface area contributed by atoms with E-state index in [0.717, 1.165) is 26.4 Å². The Bertz CT molecular complexity index is 1160. The van der Waals surface area contributed by atoms with Crippen LogP contribution >= 0.6 is 23.1 Å². The van der Waals surface area contributed by atoms with E-state index in [2.05, 4.69) is 10.3 Å². The number of anilines is 2. The summed E-state index contributed by atoms with van der Waals surface area (Å²) in [5.74, 6) is 0.670. The molecule has 1 aromatic heterocycles.